The van der Waals surface area contributed by atoms with Crippen molar-refractivity contribution in [1.29, 1.82) is 10.8 Å². The zero-order chi connectivity index (χ0) is 22.6. The fourth-order valence-electron chi connectivity index (χ4n) is 6.08. The number of carbonyl (C=O) groups excluding carboxylic acids is 1. The van der Waals surface area contributed by atoms with Crippen molar-refractivity contribution in [2.24, 2.45) is 16.7 Å². The van der Waals surface area contributed by atoms with Gasteiger partial charge in [-0.1, -0.05) is 26.8 Å². The number of amides is 1. The van der Waals surface area contributed by atoms with Crippen LogP contribution in [0.2, 0.25) is 0 Å². The van der Waals surface area contributed by atoms with Gasteiger partial charge in [0.1, 0.15) is 11.6 Å². The van der Waals surface area contributed by atoms with E-state index in [1.807, 2.05) is 11.8 Å². The van der Waals surface area contributed by atoms with Crippen LogP contribution < -0.4 is 0 Å². The van der Waals surface area contributed by atoms with Crippen molar-refractivity contribution in [3.8, 4) is 0 Å². The summed E-state index contributed by atoms with van der Waals surface area (Å²) in [7, 11) is 0. The van der Waals surface area contributed by atoms with Crippen LogP contribution in [-0.2, 0) is 9.53 Å². The van der Waals surface area contributed by atoms with E-state index in [1.165, 1.54) is 12.1 Å². The normalized spacial score (nSPS) is 30.8. The lowest BCUT2D eigenvalue weighted by molar-refractivity contribution is -0.146. The van der Waals surface area contributed by atoms with Crippen LogP contribution in [0.1, 0.15) is 45.6 Å². The van der Waals surface area contributed by atoms with Crippen molar-refractivity contribution in [3.63, 3.8) is 0 Å². The van der Waals surface area contributed by atoms with Crippen LogP contribution in [0.25, 0.3) is 0 Å². The van der Waals surface area contributed by atoms with Gasteiger partial charge in [-0.05, 0) is 48.0 Å². The highest BCUT2D eigenvalue weighted by atomic mass is 19.1. The number of halogens is 2. The number of benzene rings is 1. The Kier molecular flexibility index (Phi) is 5.36. The number of fused-ring (bicyclic) bond motifs is 2. The molecule has 0 spiro atoms. The van der Waals surface area contributed by atoms with Gasteiger partial charge in [0.15, 0.2) is 0 Å². The molecule has 0 unspecified atom stereocenters. The van der Waals surface area contributed by atoms with Crippen LogP contribution in [0.5, 0.6) is 0 Å². The molecule has 3 atom stereocenters. The van der Waals surface area contributed by atoms with Gasteiger partial charge in [-0.3, -0.25) is 4.79 Å². The third kappa shape index (κ3) is 3.08. The predicted molar refractivity (Wildman–Crippen MR) is 115 cm³/mol. The highest BCUT2D eigenvalue weighted by Gasteiger charge is 2.68. The maximum absolute atomic E-state index is 14.2. The first-order valence-corrected chi connectivity index (χ1v) is 10.9. The van der Waals surface area contributed by atoms with Crippen molar-refractivity contribution in [2.75, 3.05) is 19.7 Å². The molecule has 1 aliphatic heterocycles. The molecule has 1 aromatic carbocycles. The zero-order valence-corrected chi connectivity index (χ0v) is 18.2. The maximum atomic E-state index is 14.2. The van der Waals surface area contributed by atoms with Crippen LogP contribution in [0, 0.1) is 39.2 Å². The number of allylic oxidation sites excluding steroid dienone is 2. The summed E-state index contributed by atoms with van der Waals surface area (Å²) in [5.74, 6) is -1.49. The lowest BCUT2D eigenvalue weighted by atomic mass is 9.64. The van der Waals surface area contributed by atoms with E-state index in [-0.39, 0.29) is 34.6 Å². The fraction of sp³-hybridized carbons (Fsp3) is 0.542. The second kappa shape index (κ2) is 7.62. The lowest BCUT2D eigenvalue weighted by Crippen LogP contribution is -2.57. The highest BCUT2D eigenvalue weighted by molar-refractivity contribution is 6.15. The van der Waals surface area contributed by atoms with Crippen molar-refractivity contribution in [3.05, 3.63) is 47.0 Å². The minimum Gasteiger partial charge on any atom is -0.374 e. The average molecular weight is 430 g/mol. The van der Waals surface area contributed by atoms with Gasteiger partial charge in [-0.15, -0.1) is 0 Å². The Labute approximate surface area is 181 Å². The summed E-state index contributed by atoms with van der Waals surface area (Å²) in [6, 6.07) is 3.55. The molecule has 4 rings (SSSR count). The molecule has 7 heteroatoms. The number of morpholine rings is 1. The quantitative estimate of drug-likeness (QED) is 0.698. The molecule has 1 aromatic rings. The van der Waals surface area contributed by atoms with E-state index < -0.39 is 17.0 Å². The standard InChI is InChI=1S/C24H29F2N3O2/c1-4-20(30)29-10-11-31-19(13-29)24-9-8-15(23(24,2)3)14(22(24)28)12-18(27)21-16(25)6-5-7-17(21)26/h5-7,12,15,19,27-28H,4,8-11,13H2,1-3H3/b14-12-,27-18?,28-22?/t15-,19+,24-/m0/s1. The van der Waals surface area contributed by atoms with E-state index in [1.54, 1.807) is 0 Å². The van der Waals surface area contributed by atoms with Crippen LogP contribution >= 0.6 is 0 Å². The van der Waals surface area contributed by atoms with Gasteiger partial charge in [-0.25, -0.2) is 8.78 Å². The van der Waals surface area contributed by atoms with Crippen molar-refractivity contribution >= 4 is 17.3 Å². The molecule has 3 aliphatic rings. The van der Waals surface area contributed by atoms with Crippen molar-refractivity contribution in [2.45, 2.75) is 46.1 Å². The molecular weight excluding hydrogens is 400 g/mol. The van der Waals surface area contributed by atoms with Gasteiger partial charge >= 0.3 is 0 Å². The number of nitrogens with zero attached hydrogens (tertiary/aromatic N) is 1. The molecule has 0 aromatic heterocycles. The van der Waals surface area contributed by atoms with E-state index in [9.17, 15) is 13.6 Å². The van der Waals surface area contributed by atoms with Gasteiger partial charge in [-0.2, -0.15) is 0 Å². The summed E-state index contributed by atoms with van der Waals surface area (Å²) in [5, 5.41) is 17.4. The molecule has 1 heterocycles. The van der Waals surface area contributed by atoms with Gasteiger partial charge in [0.05, 0.1) is 24.0 Å². The van der Waals surface area contributed by atoms with E-state index in [2.05, 4.69) is 13.8 Å². The third-order valence-corrected chi connectivity index (χ3v) is 7.76. The molecule has 2 saturated carbocycles. The molecule has 31 heavy (non-hydrogen) atoms. The molecule has 0 radical (unpaired) electrons. The minimum atomic E-state index is -0.783. The van der Waals surface area contributed by atoms with Crippen LogP contribution in [0.15, 0.2) is 29.8 Å². The smallest absolute Gasteiger partial charge is 0.222 e. The zero-order valence-electron chi connectivity index (χ0n) is 18.2. The second-order valence-corrected chi connectivity index (χ2v) is 9.32. The first kappa shape index (κ1) is 21.8. The Morgan fingerprint density at radius 3 is 2.65 bits per heavy atom. The van der Waals surface area contributed by atoms with E-state index in [4.69, 9.17) is 15.6 Å². The number of hydrogen-bond donors (Lipinski definition) is 2. The first-order valence-electron chi connectivity index (χ1n) is 10.9. The van der Waals surface area contributed by atoms with E-state index >= 15 is 0 Å². The average Bonchev–Trinajstić information content (AvgIpc) is 3.09. The van der Waals surface area contributed by atoms with Crippen LogP contribution in [-0.4, -0.2) is 48.0 Å². The molecule has 2 aliphatic carbocycles. The summed E-state index contributed by atoms with van der Waals surface area (Å²) < 4.78 is 34.6. The first-order chi connectivity index (χ1) is 14.6. The maximum Gasteiger partial charge on any atom is 0.222 e. The van der Waals surface area contributed by atoms with Gasteiger partial charge < -0.3 is 20.5 Å². The number of ether oxygens (including phenoxy) is 1. The number of hydrogen-bond acceptors (Lipinski definition) is 4. The van der Waals surface area contributed by atoms with Crippen molar-refractivity contribution in [1.82, 2.24) is 4.90 Å². The Morgan fingerprint density at radius 1 is 1.32 bits per heavy atom. The predicted octanol–water partition coefficient (Wildman–Crippen LogP) is 4.35. The number of rotatable bonds is 4. The summed E-state index contributed by atoms with van der Waals surface area (Å²) >= 11 is 0. The van der Waals surface area contributed by atoms with Crippen molar-refractivity contribution < 1.29 is 18.3 Å². The SMILES string of the molecule is CCC(=O)N1CCO[C@@H]([C@@]23CC[C@@H](/C(=C/C(=N)c4c(F)cccc4F)C2=N)C3(C)C)C1. The summed E-state index contributed by atoms with van der Waals surface area (Å²) in [5.41, 5.74) is -0.512. The monoisotopic (exact) mass is 429 g/mol. The fourth-order valence-corrected chi connectivity index (χ4v) is 6.08. The minimum absolute atomic E-state index is 0.00367. The van der Waals surface area contributed by atoms with Gasteiger partial charge in [0.2, 0.25) is 5.91 Å². The number of carbonyl (C=O) groups is 1. The Hall–Kier alpha value is -2.41. The summed E-state index contributed by atoms with van der Waals surface area (Å²) in [6.45, 7) is 7.48. The largest absolute Gasteiger partial charge is 0.374 e. The molecule has 1 amide bonds. The van der Waals surface area contributed by atoms with Gasteiger partial charge in [0.25, 0.3) is 0 Å². The highest BCUT2D eigenvalue weighted by Crippen LogP contribution is 2.68. The molecule has 3 fully saturated rings. The molecule has 1 saturated heterocycles. The molecule has 166 valence electrons. The molecular formula is C24H29F2N3O2. The van der Waals surface area contributed by atoms with E-state index in [0.717, 1.165) is 25.0 Å². The molecule has 5 nitrogen and oxygen atoms in total. The second-order valence-electron chi connectivity index (χ2n) is 9.32. The van der Waals surface area contributed by atoms with Crippen LogP contribution in [0.4, 0.5) is 8.78 Å². The summed E-state index contributed by atoms with van der Waals surface area (Å²) in [6.07, 6.45) is 3.17. The number of nitrogens with one attached hydrogen (secondary N) is 2. The lowest BCUT2D eigenvalue weighted by Gasteiger charge is -2.47. The van der Waals surface area contributed by atoms with E-state index in [0.29, 0.717) is 37.4 Å². The topological polar surface area (TPSA) is 77.2 Å². The third-order valence-electron chi connectivity index (χ3n) is 7.76. The Balaban J connectivity index is 1.71. The molecule has 2 N–H and O–H groups in total. The summed E-state index contributed by atoms with van der Waals surface area (Å²) in [4.78, 5) is 14.1. The Morgan fingerprint density at radius 2 is 2.00 bits per heavy atom. The molecule has 2 bridgehead atoms. The van der Waals surface area contributed by atoms with Gasteiger partial charge in [0, 0.05) is 30.6 Å². The Bertz CT molecular complexity index is 967. The van der Waals surface area contributed by atoms with Crippen LogP contribution in [0.3, 0.4) is 0 Å².